The van der Waals surface area contributed by atoms with E-state index in [-0.39, 0.29) is 18.7 Å². The van der Waals surface area contributed by atoms with Crippen LogP contribution < -0.4 is 0 Å². The summed E-state index contributed by atoms with van der Waals surface area (Å²) < 4.78 is 10.4. The Labute approximate surface area is 98.5 Å². The highest BCUT2D eigenvalue weighted by Crippen LogP contribution is 2.23. The summed E-state index contributed by atoms with van der Waals surface area (Å²) in [5.41, 5.74) is 0. The first kappa shape index (κ1) is 13.4. The number of carbonyl (C=O) groups excluding carboxylic acids is 1. The van der Waals surface area contributed by atoms with Crippen LogP contribution in [0, 0.1) is 11.3 Å². The summed E-state index contributed by atoms with van der Waals surface area (Å²) >= 11 is 0. The molecule has 0 bridgehead atoms. The lowest BCUT2D eigenvalue weighted by Crippen LogP contribution is -2.26. The zero-order chi connectivity index (χ0) is 12.0. The number of nitrogens with zero attached hydrogens (tertiary/aromatic N) is 1. The molecule has 0 saturated carbocycles. The van der Waals surface area contributed by atoms with Crippen molar-refractivity contribution in [3.05, 3.63) is 0 Å². The third-order valence-electron chi connectivity index (χ3n) is 2.50. The topological polar surface area (TPSA) is 59.3 Å². The molecule has 5 heteroatoms. The van der Waals surface area contributed by atoms with Gasteiger partial charge in [-0.05, 0) is 26.2 Å². The van der Waals surface area contributed by atoms with Crippen molar-refractivity contribution in [2.45, 2.75) is 50.5 Å². The van der Waals surface area contributed by atoms with Crippen molar-refractivity contribution in [3.8, 4) is 6.07 Å². The van der Waals surface area contributed by atoms with Crippen LogP contribution in [0.1, 0.15) is 39.0 Å². The second-order valence-corrected chi connectivity index (χ2v) is 5.59. The minimum Gasteiger partial charge on any atom is -0.436 e. The fourth-order valence-corrected chi connectivity index (χ4v) is 1.57. The Hall–Kier alpha value is -0.650. The van der Waals surface area contributed by atoms with E-state index in [9.17, 15) is 4.79 Å². The molecule has 1 rings (SSSR count). The van der Waals surface area contributed by atoms with E-state index in [4.69, 9.17) is 14.7 Å². The van der Waals surface area contributed by atoms with Gasteiger partial charge in [0.05, 0.1) is 17.8 Å². The van der Waals surface area contributed by atoms with Gasteiger partial charge in [-0.3, -0.25) is 4.79 Å². The van der Waals surface area contributed by atoms with Crippen molar-refractivity contribution < 1.29 is 14.3 Å². The van der Waals surface area contributed by atoms with Crippen LogP contribution >= 0.6 is 9.24 Å². The quantitative estimate of drug-likeness (QED) is 0.559. The van der Waals surface area contributed by atoms with Gasteiger partial charge in [0, 0.05) is 12.8 Å². The molecule has 1 aliphatic heterocycles. The summed E-state index contributed by atoms with van der Waals surface area (Å²) in [7, 11) is 2.45. The largest absolute Gasteiger partial charge is 0.436 e. The number of hydrogen-bond donors (Lipinski definition) is 0. The SMILES string of the molecule is CC(P)(C#N)CCC(=O)OC1CCCCO1. The average molecular weight is 243 g/mol. The van der Waals surface area contributed by atoms with Gasteiger partial charge in [-0.25, -0.2) is 0 Å². The molecule has 3 unspecified atom stereocenters. The lowest BCUT2D eigenvalue weighted by atomic mass is 10.1. The van der Waals surface area contributed by atoms with Gasteiger partial charge in [0.15, 0.2) is 0 Å². The molecule has 3 atom stereocenters. The fourth-order valence-electron chi connectivity index (χ4n) is 1.43. The zero-order valence-corrected chi connectivity index (χ0v) is 10.7. The van der Waals surface area contributed by atoms with Crippen LogP contribution in [-0.2, 0) is 14.3 Å². The van der Waals surface area contributed by atoms with E-state index in [0.717, 1.165) is 19.3 Å². The minimum atomic E-state index is -0.549. The van der Waals surface area contributed by atoms with Gasteiger partial charge in [0.2, 0.25) is 6.29 Å². The predicted octanol–water partition coefficient (Wildman–Crippen LogP) is 1.99. The van der Waals surface area contributed by atoms with E-state index < -0.39 is 5.16 Å². The Morgan fingerprint density at radius 1 is 1.69 bits per heavy atom. The molecule has 0 spiro atoms. The molecule has 0 aromatic heterocycles. The number of carbonyl (C=O) groups is 1. The first-order valence-corrected chi connectivity index (χ1v) is 6.12. The second kappa shape index (κ2) is 6.18. The molecule has 1 aliphatic rings. The number of esters is 1. The molecule has 0 aromatic rings. The second-order valence-electron chi connectivity index (χ2n) is 4.32. The monoisotopic (exact) mass is 243 g/mol. The third kappa shape index (κ3) is 4.92. The predicted molar refractivity (Wildman–Crippen MR) is 62.6 cm³/mol. The molecule has 16 heavy (non-hydrogen) atoms. The molecule has 90 valence electrons. The minimum absolute atomic E-state index is 0.257. The molecular formula is C11H18NO3P. The smallest absolute Gasteiger partial charge is 0.308 e. The molecule has 4 nitrogen and oxygen atoms in total. The van der Waals surface area contributed by atoms with Gasteiger partial charge >= 0.3 is 5.97 Å². The van der Waals surface area contributed by atoms with Crippen LogP contribution in [0.4, 0.5) is 0 Å². The Morgan fingerprint density at radius 2 is 2.44 bits per heavy atom. The molecule has 0 aliphatic carbocycles. The molecule has 0 amide bonds. The fraction of sp³-hybridized carbons (Fsp3) is 0.818. The molecule has 1 saturated heterocycles. The van der Waals surface area contributed by atoms with Crippen molar-refractivity contribution in [2.24, 2.45) is 0 Å². The molecule has 1 fully saturated rings. The first-order chi connectivity index (χ1) is 7.53. The van der Waals surface area contributed by atoms with Gasteiger partial charge in [-0.15, -0.1) is 9.24 Å². The Kier molecular flexibility index (Phi) is 5.18. The lowest BCUT2D eigenvalue weighted by Gasteiger charge is -2.23. The maximum Gasteiger partial charge on any atom is 0.308 e. The van der Waals surface area contributed by atoms with Gasteiger partial charge in [-0.1, -0.05) is 0 Å². The maximum atomic E-state index is 11.5. The molecular weight excluding hydrogens is 225 g/mol. The van der Waals surface area contributed by atoms with Gasteiger partial charge in [0.1, 0.15) is 0 Å². The van der Waals surface area contributed by atoms with E-state index in [1.165, 1.54) is 0 Å². The van der Waals surface area contributed by atoms with Gasteiger partial charge < -0.3 is 9.47 Å². The van der Waals surface area contributed by atoms with Crippen molar-refractivity contribution in [1.82, 2.24) is 0 Å². The molecule has 0 aromatic carbocycles. The highest BCUT2D eigenvalue weighted by Gasteiger charge is 2.22. The molecule has 0 N–H and O–H groups in total. The highest BCUT2D eigenvalue weighted by atomic mass is 31.0. The van der Waals surface area contributed by atoms with Crippen LogP contribution in [-0.4, -0.2) is 24.0 Å². The number of nitriles is 1. The highest BCUT2D eigenvalue weighted by molar-refractivity contribution is 7.19. The van der Waals surface area contributed by atoms with Crippen molar-refractivity contribution >= 4 is 15.2 Å². The normalized spacial score (nSPS) is 24.2. The first-order valence-electron chi connectivity index (χ1n) is 5.55. The van der Waals surface area contributed by atoms with E-state index in [1.54, 1.807) is 6.92 Å². The van der Waals surface area contributed by atoms with Crippen molar-refractivity contribution in [3.63, 3.8) is 0 Å². The van der Waals surface area contributed by atoms with Crippen molar-refractivity contribution in [2.75, 3.05) is 6.61 Å². The Balaban J connectivity index is 2.23. The van der Waals surface area contributed by atoms with Crippen LogP contribution in [0.15, 0.2) is 0 Å². The Morgan fingerprint density at radius 3 is 3.00 bits per heavy atom. The van der Waals surface area contributed by atoms with E-state index in [2.05, 4.69) is 15.3 Å². The third-order valence-corrected chi connectivity index (χ3v) is 2.92. The summed E-state index contributed by atoms with van der Waals surface area (Å²) in [5, 5.41) is 8.23. The molecule has 1 heterocycles. The molecule has 0 radical (unpaired) electrons. The summed E-state index contributed by atoms with van der Waals surface area (Å²) in [5.74, 6) is -0.282. The van der Waals surface area contributed by atoms with Gasteiger partial charge in [0.25, 0.3) is 0 Å². The average Bonchev–Trinajstić information content (AvgIpc) is 2.28. The number of hydrogen-bond acceptors (Lipinski definition) is 4. The van der Waals surface area contributed by atoms with Crippen LogP contribution in [0.2, 0.25) is 0 Å². The summed E-state index contributed by atoms with van der Waals surface area (Å²) in [4.78, 5) is 11.5. The zero-order valence-electron chi connectivity index (χ0n) is 9.57. The Bertz CT molecular complexity index is 279. The lowest BCUT2D eigenvalue weighted by molar-refractivity contribution is -0.186. The summed E-state index contributed by atoms with van der Waals surface area (Å²) in [6.07, 6.45) is 3.22. The summed E-state index contributed by atoms with van der Waals surface area (Å²) in [6, 6.07) is 2.12. The van der Waals surface area contributed by atoms with E-state index in [0.29, 0.717) is 13.0 Å². The van der Waals surface area contributed by atoms with Crippen LogP contribution in [0.5, 0.6) is 0 Å². The van der Waals surface area contributed by atoms with Crippen LogP contribution in [0.25, 0.3) is 0 Å². The van der Waals surface area contributed by atoms with Crippen LogP contribution in [0.3, 0.4) is 0 Å². The van der Waals surface area contributed by atoms with Crippen molar-refractivity contribution in [1.29, 1.82) is 5.26 Å². The summed E-state index contributed by atoms with van der Waals surface area (Å²) in [6.45, 7) is 2.44. The number of ether oxygens (including phenoxy) is 2. The standard InChI is InChI=1S/C11H18NO3P/c1-11(16,8-12)6-5-9(13)15-10-4-2-3-7-14-10/h10H,2-7,16H2,1H3. The number of rotatable bonds is 4. The maximum absolute atomic E-state index is 11.5. The van der Waals surface area contributed by atoms with E-state index >= 15 is 0 Å². The van der Waals surface area contributed by atoms with E-state index in [1.807, 2.05) is 0 Å². The van der Waals surface area contributed by atoms with Gasteiger partial charge in [-0.2, -0.15) is 5.26 Å².